The highest BCUT2D eigenvalue weighted by atomic mass is 16.5. The lowest BCUT2D eigenvalue weighted by molar-refractivity contribution is 0.199. The second-order valence-corrected chi connectivity index (χ2v) is 6.14. The van der Waals surface area contributed by atoms with Crippen molar-refractivity contribution >= 4 is 5.69 Å². The largest absolute Gasteiger partial charge is 0.383 e. The van der Waals surface area contributed by atoms with E-state index in [1.807, 2.05) is 0 Å². The first-order chi connectivity index (χ1) is 10.2. The Morgan fingerprint density at radius 3 is 2.95 bits per heavy atom. The van der Waals surface area contributed by atoms with Gasteiger partial charge in [0.1, 0.15) is 0 Å². The van der Waals surface area contributed by atoms with Crippen molar-refractivity contribution in [1.82, 2.24) is 5.32 Å². The van der Waals surface area contributed by atoms with Gasteiger partial charge in [0.15, 0.2) is 0 Å². The molecule has 0 aliphatic carbocycles. The second-order valence-electron chi connectivity index (χ2n) is 6.14. The smallest absolute Gasteiger partial charge is 0.0587 e. The summed E-state index contributed by atoms with van der Waals surface area (Å²) in [6.45, 7) is 9.56. The maximum Gasteiger partial charge on any atom is 0.0587 e. The molecule has 1 N–H and O–H groups in total. The van der Waals surface area contributed by atoms with Crippen molar-refractivity contribution in [2.24, 2.45) is 5.92 Å². The molecule has 3 nitrogen and oxygen atoms in total. The lowest BCUT2D eigenvalue weighted by Gasteiger charge is -2.34. The number of aryl methyl sites for hydroxylation is 1. The van der Waals surface area contributed by atoms with Gasteiger partial charge in [-0.2, -0.15) is 0 Å². The zero-order valence-corrected chi connectivity index (χ0v) is 13.8. The first-order valence-electron chi connectivity index (χ1n) is 8.28. The average Bonchev–Trinajstić information content (AvgIpc) is 2.53. The molecule has 0 bridgehead atoms. The zero-order chi connectivity index (χ0) is 15.1. The Bertz CT molecular complexity index is 433. The van der Waals surface area contributed by atoms with E-state index >= 15 is 0 Å². The zero-order valence-electron chi connectivity index (χ0n) is 13.8. The quantitative estimate of drug-likeness (QED) is 0.779. The maximum absolute atomic E-state index is 5.06. The molecule has 1 aromatic rings. The molecule has 1 heterocycles. The fourth-order valence-electron chi connectivity index (χ4n) is 3.11. The molecule has 2 rings (SSSR count). The maximum atomic E-state index is 5.06. The summed E-state index contributed by atoms with van der Waals surface area (Å²) in [6.07, 6.45) is 4.03. The molecule has 1 atom stereocenters. The number of nitrogens with one attached hydrogen (secondary N) is 1. The van der Waals surface area contributed by atoms with E-state index in [2.05, 4.69) is 42.3 Å². The van der Waals surface area contributed by atoms with Gasteiger partial charge < -0.3 is 15.0 Å². The molecule has 3 heteroatoms. The van der Waals surface area contributed by atoms with Crippen LogP contribution in [-0.4, -0.2) is 33.4 Å². The van der Waals surface area contributed by atoms with Crippen molar-refractivity contribution in [3.63, 3.8) is 0 Å². The predicted octanol–water partition coefficient (Wildman–Crippen LogP) is 3.36. The van der Waals surface area contributed by atoms with Gasteiger partial charge in [-0.15, -0.1) is 0 Å². The molecule has 21 heavy (non-hydrogen) atoms. The van der Waals surface area contributed by atoms with Crippen LogP contribution in [0.5, 0.6) is 0 Å². The average molecular weight is 290 g/mol. The summed E-state index contributed by atoms with van der Waals surface area (Å²) in [6, 6.07) is 6.92. The Hall–Kier alpha value is -1.06. The third kappa shape index (κ3) is 4.72. The van der Waals surface area contributed by atoms with Crippen LogP contribution in [0.4, 0.5) is 5.69 Å². The lowest BCUT2D eigenvalue weighted by atomic mass is 9.95. The van der Waals surface area contributed by atoms with E-state index < -0.39 is 0 Å². The van der Waals surface area contributed by atoms with Crippen molar-refractivity contribution in [3.8, 4) is 0 Å². The normalized spacial score (nSPS) is 19.0. The predicted molar refractivity (Wildman–Crippen MR) is 90.0 cm³/mol. The van der Waals surface area contributed by atoms with Gasteiger partial charge >= 0.3 is 0 Å². The number of hydrogen-bond donors (Lipinski definition) is 1. The van der Waals surface area contributed by atoms with Crippen molar-refractivity contribution in [2.45, 2.75) is 39.7 Å². The fourth-order valence-corrected chi connectivity index (χ4v) is 3.11. The van der Waals surface area contributed by atoms with E-state index in [1.165, 1.54) is 49.2 Å². The van der Waals surface area contributed by atoms with E-state index in [0.29, 0.717) is 0 Å². The summed E-state index contributed by atoms with van der Waals surface area (Å²) in [5, 5.41) is 3.42. The van der Waals surface area contributed by atoms with E-state index in [0.717, 1.165) is 25.6 Å². The summed E-state index contributed by atoms with van der Waals surface area (Å²) < 4.78 is 5.06. The highest BCUT2D eigenvalue weighted by molar-refractivity contribution is 5.51. The molecule has 0 aromatic heterocycles. The third-order valence-corrected chi connectivity index (χ3v) is 4.59. The van der Waals surface area contributed by atoms with Crippen LogP contribution in [0.25, 0.3) is 0 Å². The van der Waals surface area contributed by atoms with Crippen LogP contribution in [0.1, 0.15) is 37.3 Å². The molecular formula is C18H30N2O. The van der Waals surface area contributed by atoms with Crippen LogP contribution >= 0.6 is 0 Å². The molecule has 0 spiro atoms. The number of benzene rings is 1. The minimum Gasteiger partial charge on any atom is -0.383 e. The summed E-state index contributed by atoms with van der Waals surface area (Å²) in [7, 11) is 1.74. The number of piperidine rings is 1. The molecule has 1 unspecified atom stereocenters. The van der Waals surface area contributed by atoms with E-state index in [-0.39, 0.29) is 0 Å². The summed E-state index contributed by atoms with van der Waals surface area (Å²) in [4.78, 5) is 2.56. The second kappa shape index (κ2) is 8.40. The fraction of sp³-hybridized carbons (Fsp3) is 0.667. The van der Waals surface area contributed by atoms with Crippen LogP contribution in [0.15, 0.2) is 18.2 Å². The number of hydrogen-bond acceptors (Lipinski definition) is 3. The topological polar surface area (TPSA) is 24.5 Å². The van der Waals surface area contributed by atoms with Gasteiger partial charge in [-0.05, 0) is 48.9 Å². The lowest BCUT2D eigenvalue weighted by Crippen LogP contribution is -2.35. The van der Waals surface area contributed by atoms with Crippen molar-refractivity contribution in [2.75, 3.05) is 38.3 Å². The molecule has 0 saturated carbocycles. The Morgan fingerprint density at radius 1 is 1.38 bits per heavy atom. The van der Waals surface area contributed by atoms with E-state index in [4.69, 9.17) is 4.74 Å². The van der Waals surface area contributed by atoms with Crippen LogP contribution in [-0.2, 0) is 11.3 Å². The van der Waals surface area contributed by atoms with Crippen molar-refractivity contribution in [1.29, 1.82) is 0 Å². The third-order valence-electron chi connectivity index (χ3n) is 4.59. The number of rotatable bonds is 7. The Labute approximate surface area is 129 Å². The first-order valence-corrected chi connectivity index (χ1v) is 8.28. The van der Waals surface area contributed by atoms with Gasteiger partial charge in [-0.3, -0.25) is 0 Å². The monoisotopic (exact) mass is 290 g/mol. The number of ether oxygens (including phenoxy) is 1. The Morgan fingerprint density at radius 2 is 2.24 bits per heavy atom. The molecule has 118 valence electrons. The van der Waals surface area contributed by atoms with Gasteiger partial charge in [-0.1, -0.05) is 19.4 Å². The SMILES string of the molecule is CCC1CCCN(c2ccc(CNCCOC)c(C)c2)C1. The summed E-state index contributed by atoms with van der Waals surface area (Å²) >= 11 is 0. The van der Waals surface area contributed by atoms with Gasteiger partial charge in [0.2, 0.25) is 0 Å². The number of methoxy groups -OCH3 is 1. The minimum atomic E-state index is 0.767. The highest BCUT2D eigenvalue weighted by Gasteiger charge is 2.18. The summed E-state index contributed by atoms with van der Waals surface area (Å²) in [5.41, 5.74) is 4.17. The molecule has 1 aliphatic heterocycles. The molecule has 1 fully saturated rings. The van der Waals surface area contributed by atoms with Gasteiger partial charge in [0.05, 0.1) is 6.61 Å². The molecular weight excluding hydrogens is 260 g/mol. The van der Waals surface area contributed by atoms with Gasteiger partial charge in [0, 0.05) is 39.0 Å². The number of anilines is 1. The van der Waals surface area contributed by atoms with Crippen molar-refractivity contribution in [3.05, 3.63) is 29.3 Å². The molecule has 0 amide bonds. The van der Waals surface area contributed by atoms with Crippen molar-refractivity contribution < 1.29 is 4.74 Å². The van der Waals surface area contributed by atoms with E-state index in [9.17, 15) is 0 Å². The molecule has 1 saturated heterocycles. The van der Waals surface area contributed by atoms with E-state index in [1.54, 1.807) is 7.11 Å². The Balaban J connectivity index is 1.94. The molecule has 1 aromatic carbocycles. The highest BCUT2D eigenvalue weighted by Crippen LogP contribution is 2.26. The summed E-state index contributed by atoms with van der Waals surface area (Å²) in [5.74, 6) is 0.870. The minimum absolute atomic E-state index is 0.767. The van der Waals surface area contributed by atoms with Crippen LogP contribution < -0.4 is 10.2 Å². The van der Waals surface area contributed by atoms with Crippen LogP contribution in [0.3, 0.4) is 0 Å². The van der Waals surface area contributed by atoms with Gasteiger partial charge in [0.25, 0.3) is 0 Å². The first kappa shape index (κ1) is 16.3. The Kier molecular flexibility index (Phi) is 6.52. The van der Waals surface area contributed by atoms with Gasteiger partial charge in [-0.25, -0.2) is 0 Å². The number of nitrogens with zero attached hydrogens (tertiary/aromatic N) is 1. The van der Waals surface area contributed by atoms with Crippen LogP contribution in [0.2, 0.25) is 0 Å². The molecule has 1 aliphatic rings. The van der Waals surface area contributed by atoms with Crippen LogP contribution in [0, 0.1) is 12.8 Å². The molecule has 0 radical (unpaired) electrons. The standard InChI is InChI=1S/C18H30N2O/c1-4-16-6-5-10-20(14-16)18-8-7-17(15(2)12-18)13-19-9-11-21-3/h7-8,12,16,19H,4-6,9-11,13-14H2,1-3H3.